The third kappa shape index (κ3) is 3.74. The zero-order chi connectivity index (χ0) is 24.7. The number of hydrogen-bond donors (Lipinski definition) is 2. The number of carbonyl (C=O) groups is 1. The maximum atomic E-state index is 13.5. The molecule has 1 amide bonds. The monoisotopic (exact) mass is 483 g/mol. The van der Waals surface area contributed by atoms with E-state index < -0.39 is 31.3 Å². The van der Waals surface area contributed by atoms with Crippen LogP contribution in [-0.4, -0.2) is 53.3 Å². The average molecular weight is 484 g/mol. The van der Waals surface area contributed by atoms with Crippen LogP contribution in [0.1, 0.15) is 43.2 Å². The molecule has 0 saturated carbocycles. The Morgan fingerprint density at radius 3 is 2.76 bits per heavy atom. The highest BCUT2D eigenvalue weighted by atomic mass is 32.2. The summed E-state index contributed by atoms with van der Waals surface area (Å²) in [5, 5.41) is 1.92. The Labute approximate surface area is 197 Å². The van der Waals surface area contributed by atoms with E-state index in [-0.39, 0.29) is 37.0 Å². The Morgan fingerprint density at radius 2 is 2.09 bits per heavy atom. The van der Waals surface area contributed by atoms with Gasteiger partial charge >= 0.3 is 0 Å². The molecule has 0 radical (unpaired) electrons. The lowest BCUT2D eigenvalue weighted by Crippen LogP contribution is -2.59. The van der Waals surface area contributed by atoms with Crippen LogP contribution in [0.5, 0.6) is 11.6 Å². The van der Waals surface area contributed by atoms with Gasteiger partial charge in [0.15, 0.2) is 16.4 Å². The topological polar surface area (TPSA) is 146 Å². The van der Waals surface area contributed by atoms with Gasteiger partial charge in [-0.25, -0.2) is 18.4 Å². The molecule has 34 heavy (non-hydrogen) atoms. The van der Waals surface area contributed by atoms with Crippen molar-refractivity contribution in [3.8, 4) is 24.0 Å². The van der Waals surface area contributed by atoms with Gasteiger partial charge in [-0.1, -0.05) is 5.92 Å². The highest BCUT2D eigenvalue weighted by Gasteiger charge is 2.57. The number of sulfone groups is 1. The summed E-state index contributed by atoms with van der Waals surface area (Å²) in [6.45, 7) is 5.11. The van der Waals surface area contributed by atoms with E-state index in [0.717, 1.165) is 0 Å². The van der Waals surface area contributed by atoms with Gasteiger partial charge in [0.05, 0.1) is 24.3 Å². The van der Waals surface area contributed by atoms with E-state index in [1.165, 1.54) is 12.4 Å². The summed E-state index contributed by atoms with van der Waals surface area (Å²) in [4.78, 5) is 25.4. The summed E-state index contributed by atoms with van der Waals surface area (Å²) < 4.78 is 36.7. The number of amidine groups is 1. The Bertz CT molecular complexity index is 1310. The molecule has 0 spiro atoms. The van der Waals surface area contributed by atoms with Crippen LogP contribution < -0.4 is 20.5 Å². The van der Waals surface area contributed by atoms with Crippen molar-refractivity contribution in [2.45, 2.75) is 42.7 Å². The quantitative estimate of drug-likeness (QED) is 0.625. The van der Waals surface area contributed by atoms with Crippen molar-refractivity contribution >= 4 is 27.3 Å². The summed E-state index contributed by atoms with van der Waals surface area (Å²) in [5.74, 6) is 2.54. The van der Waals surface area contributed by atoms with Gasteiger partial charge in [-0.15, -0.1) is 6.42 Å². The molecule has 11 heteroatoms. The van der Waals surface area contributed by atoms with E-state index in [4.69, 9.17) is 21.6 Å². The predicted molar refractivity (Wildman–Crippen MR) is 127 cm³/mol. The Kier molecular flexibility index (Phi) is 5.73. The first-order chi connectivity index (χ1) is 16.0. The summed E-state index contributed by atoms with van der Waals surface area (Å²) in [6.07, 6.45) is 7.97. The standard InChI is InChI=1S/C23H25N5O5S/c1-5-9-33-19-13-25-16(12-26-19)20(29)27-14-6-7-17-15(11-14)23(4)18(8-10-32-17)34(30,31)22(2,3)21(24)28-23/h1,6-7,11-13,18H,8-10H2,2-4H3,(H2,24,28)(H,27,29)/t18-,23-/m1/s1. The number of benzene rings is 1. The van der Waals surface area contributed by atoms with Gasteiger partial charge in [-0.05, 0) is 39.0 Å². The molecular formula is C23H25N5O5S. The number of anilines is 1. The van der Waals surface area contributed by atoms with Crippen molar-refractivity contribution in [3.63, 3.8) is 0 Å². The smallest absolute Gasteiger partial charge is 0.275 e. The number of rotatable bonds is 4. The molecule has 0 aliphatic carbocycles. The highest BCUT2D eigenvalue weighted by molar-refractivity contribution is 7.94. The molecular weight excluding hydrogens is 458 g/mol. The number of carbonyl (C=O) groups excluding carboxylic acids is 1. The molecule has 0 bridgehead atoms. The van der Waals surface area contributed by atoms with Crippen LogP contribution in [0.2, 0.25) is 0 Å². The predicted octanol–water partition coefficient (Wildman–Crippen LogP) is 1.67. The van der Waals surface area contributed by atoms with Gasteiger partial charge < -0.3 is 20.5 Å². The van der Waals surface area contributed by atoms with Crippen LogP contribution in [-0.2, 0) is 15.4 Å². The van der Waals surface area contributed by atoms with Crippen molar-refractivity contribution in [2.24, 2.45) is 10.7 Å². The van der Waals surface area contributed by atoms with Gasteiger partial charge in [0.1, 0.15) is 27.6 Å². The molecule has 178 valence electrons. The summed E-state index contributed by atoms with van der Waals surface area (Å²) >= 11 is 0. The second kappa shape index (κ2) is 8.29. The van der Waals surface area contributed by atoms with Crippen LogP contribution in [0.3, 0.4) is 0 Å². The normalized spacial score (nSPS) is 24.2. The number of amides is 1. The molecule has 2 aromatic rings. The van der Waals surface area contributed by atoms with Gasteiger partial charge in [-0.3, -0.25) is 9.79 Å². The van der Waals surface area contributed by atoms with E-state index in [0.29, 0.717) is 17.0 Å². The molecule has 0 saturated heterocycles. The number of aliphatic imine (C=N–C) groups is 1. The Hall–Kier alpha value is -3.65. The maximum absolute atomic E-state index is 13.5. The highest BCUT2D eigenvalue weighted by Crippen LogP contribution is 2.48. The molecule has 0 unspecified atom stereocenters. The number of fused-ring (bicyclic) bond motifs is 3. The number of nitrogens with one attached hydrogen (secondary N) is 1. The molecule has 0 fully saturated rings. The van der Waals surface area contributed by atoms with E-state index in [1.807, 2.05) is 0 Å². The van der Waals surface area contributed by atoms with E-state index in [2.05, 4.69) is 26.2 Å². The zero-order valence-electron chi connectivity index (χ0n) is 19.0. The fraction of sp³-hybridized carbons (Fsp3) is 0.391. The minimum absolute atomic E-state index is 0.0379. The van der Waals surface area contributed by atoms with Crippen molar-refractivity contribution in [1.29, 1.82) is 0 Å². The van der Waals surface area contributed by atoms with Crippen molar-refractivity contribution in [2.75, 3.05) is 18.5 Å². The van der Waals surface area contributed by atoms with Crippen molar-refractivity contribution in [3.05, 3.63) is 41.9 Å². The second-order valence-corrected chi connectivity index (χ2v) is 11.4. The van der Waals surface area contributed by atoms with Crippen molar-refractivity contribution < 1.29 is 22.7 Å². The molecule has 2 aliphatic heterocycles. The molecule has 3 heterocycles. The van der Waals surface area contributed by atoms with Gasteiger partial charge in [0.2, 0.25) is 5.88 Å². The first-order valence-corrected chi connectivity index (χ1v) is 12.1. The van der Waals surface area contributed by atoms with Crippen molar-refractivity contribution in [1.82, 2.24) is 9.97 Å². The number of nitrogens with zero attached hydrogens (tertiary/aromatic N) is 3. The third-order valence-electron chi connectivity index (χ3n) is 6.27. The lowest BCUT2D eigenvalue weighted by molar-refractivity contribution is 0.102. The summed E-state index contributed by atoms with van der Waals surface area (Å²) in [7, 11) is -3.69. The van der Waals surface area contributed by atoms with Crippen LogP contribution in [0.4, 0.5) is 5.69 Å². The number of aromatic nitrogens is 2. The molecule has 1 aromatic carbocycles. The average Bonchev–Trinajstić information content (AvgIpc) is 2.94. The van der Waals surface area contributed by atoms with E-state index >= 15 is 0 Å². The van der Waals surface area contributed by atoms with Crippen LogP contribution in [0, 0.1) is 12.3 Å². The first kappa shape index (κ1) is 23.5. The molecule has 2 atom stereocenters. The van der Waals surface area contributed by atoms with Crippen LogP contribution in [0.25, 0.3) is 0 Å². The number of ether oxygens (including phenoxy) is 2. The number of terminal acetylenes is 1. The lowest BCUT2D eigenvalue weighted by atomic mass is 9.86. The van der Waals surface area contributed by atoms with E-state index in [9.17, 15) is 13.2 Å². The number of hydrogen-bond acceptors (Lipinski definition) is 9. The minimum Gasteiger partial charge on any atom is -0.493 e. The molecule has 4 rings (SSSR count). The summed E-state index contributed by atoms with van der Waals surface area (Å²) in [5.41, 5.74) is 5.98. The van der Waals surface area contributed by atoms with Crippen LogP contribution in [0.15, 0.2) is 35.6 Å². The van der Waals surface area contributed by atoms with Gasteiger partial charge in [0.25, 0.3) is 5.91 Å². The molecule has 3 N–H and O–H groups in total. The third-order valence-corrected chi connectivity index (χ3v) is 9.34. The first-order valence-electron chi connectivity index (χ1n) is 10.6. The maximum Gasteiger partial charge on any atom is 0.275 e. The fourth-order valence-corrected chi connectivity index (χ4v) is 6.39. The SMILES string of the molecule is C#CCOc1cnc(C(=O)Nc2ccc3c(c2)[C@@]2(C)N=C(N)C(C)(C)S(=O)(=O)[C@@H]2CCO3)cn1. The molecule has 2 aliphatic rings. The largest absolute Gasteiger partial charge is 0.493 e. The van der Waals surface area contributed by atoms with Gasteiger partial charge in [0, 0.05) is 17.7 Å². The van der Waals surface area contributed by atoms with Gasteiger partial charge in [-0.2, -0.15) is 0 Å². The minimum atomic E-state index is -3.69. The molecule has 1 aromatic heterocycles. The second-order valence-electron chi connectivity index (χ2n) is 8.72. The lowest BCUT2D eigenvalue weighted by Gasteiger charge is -2.43. The van der Waals surface area contributed by atoms with E-state index in [1.54, 1.807) is 39.0 Å². The van der Waals surface area contributed by atoms with Crippen LogP contribution >= 0.6 is 0 Å². The Balaban J connectivity index is 1.68. The zero-order valence-corrected chi connectivity index (χ0v) is 19.8. The molecule has 10 nitrogen and oxygen atoms in total. The Morgan fingerprint density at radius 1 is 1.32 bits per heavy atom. The fourth-order valence-electron chi connectivity index (χ4n) is 4.15. The number of nitrogens with two attached hydrogens (primary N) is 1. The summed E-state index contributed by atoms with van der Waals surface area (Å²) in [6, 6.07) is 5.00.